The maximum absolute atomic E-state index is 13.7. The number of hydrogen-bond acceptors (Lipinski definition) is 6. The second-order valence-corrected chi connectivity index (χ2v) is 5.39. The van der Waals surface area contributed by atoms with Crippen molar-refractivity contribution < 1.29 is 14.3 Å². The van der Waals surface area contributed by atoms with E-state index in [0.29, 0.717) is 4.34 Å². The second kappa shape index (κ2) is 4.76. The molecular formula is C9H6FN3O2S2. The Balaban J connectivity index is 2.33. The van der Waals surface area contributed by atoms with Crippen molar-refractivity contribution in [2.24, 2.45) is 0 Å². The highest BCUT2D eigenvalue weighted by Gasteiger charge is 2.17. The molecule has 0 bridgehead atoms. The molecule has 0 fully saturated rings. The van der Waals surface area contributed by atoms with Crippen molar-refractivity contribution in [2.75, 3.05) is 0 Å². The van der Waals surface area contributed by atoms with Gasteiger partial charge in [0, 0.05) is 6.20 Å². The molecule has 0 aliphatic carbocycles. The van der Waals surface area contributed by atoms with E-state index in [9.17, 15) is 9.18 Å². The number of pyridine rings is 1. The smallest absolute Gasteiger partial charge is 0.338 e. The number of carboxylic acids is 1. The molecule has 2 rings (SSSR count). The molecule has 88 valence electrons. The minimum atomic E-state index is -1.32. The molecule has 2 aromatic rings. The van der Waals surface area contributed by atoms with E-state index in [0.717, 1.165) is 22.8 Å². The summed E-state index contributed by atoms with van der Waals surface area (Å²) >= 11 is 2.25. The summed E-state index contributed by atoms with van der Waals surface area (Å²) in [4.78, 5) is 14.5. The van der Waals surface area contributed by atoms with E-state index in [1.807, 2.05) is 0 Å². The fourth-order valence-electron chi connectivity index (χ4n) is 1.06. The van der Waals surface area contributed by atoms with Gasteiger partial charge in [-0.2, -0.15) is 0 Å². The van der Waals surface area contributed by atoms with Gasteiger partial charge in [0.1, 0.15) is 10.0 Å². The minimum absolute atomic E-state index is 0.0129. The number of rotatable bonds is 3. The highest BCUT2D eigenvalue weighted by molar-refractivity contribution is 8.01. The predicted octanol–water partition coefficient (Wildman–Crippen LogP) is 2.23. The van der Waals surface area contributed by atoms with Crippen LogP contribution in [0.1, 0.15) is 15.4 Å². The zero-order valence-corrected chi connectivity index (χ0v) is 10.2. The van der Waals surface area contributed by atoms with Crippen molar-refractivity contribution in [3.8, 4) is 0 Å². The van der Waals surface area contributed by atoms with Gasteiger partial charge >= 0.3 is 5.97 Å². The summed E-state index contributed by atoms with van der Waals surface area (Å²) in [6, 6.07) is 1.12. The van der Waals surface area contributed by atoms with Gasteiger partial charge in [0.25, 0.3) is 0 Å². The van der Waals surface area contributed by atoms with Gasteiger partial charge in [0.15, 0.2) is 10.2 Å². The molecule has 0 saturated heterocycles. The quantitative estimate of drug-likeness (QED) is 0.922. The molecule has 2 heterocycles. The Morgan fingerprint density at radius 2 is 2.29 bits per heavy atom. The molecule has 8 heteroatoms. The summed E-state index contributed by atoms with van der Waals surface area (Å²) in [5.74, 6) is -2.17. The summed E-state index contributed by atoms with van der Waals surface area (Å²) < 4.78 is 14.2. The summed E-state index contributed by atoms with van der Waals surface area (Å²) in [5.41, 5.74) is -0.399. The summed E-state index contributed by atoms with van der Waals surface area (Å²) in [6.45, 7) is 1.78. The van der Waals surface area contributed by atoms with Crippen LogP contribution in [0.2, 0.25) is 0 Å². The third kappa shape index (κ3) is 2.59. The van der Waals surface area contributed by atoms with Crippen LogP contribution in [0.4, 0.5) is 4.39 Å². The number of carbonyl (C=O) groups is 1. The van der Waals surface area contributed by atoms with Crippen LogP contribution in [-0.2, 0) is 0 Å². The Morgan fingerprint density at radius 1 is 1.53 bits per heavy atom. The van der Waals surface area contributed by atoms with Crippen molar-refractivity contribution in [2.45, 2.75) is 16.3 Å². The maximum atomic E-state index is 13.7. The fraction of sp³-hybridized carbons (Fsp3) is 0.111. The molecule has 17 heavy (non-hydrogen) atoms. The first-order chi connectivity index (χ1) is 8.08. The van der Waals surface area contributed by atoms with Crippen LogP contribution in [0.5, 0.6) is 0 Å². The summed E-state index contributed by atoms with van der Waals surface area (Å²) in [6.07, 6.45) is 1.25. The van der Waals surface area contributed by atoms with Gasteiger partial charge in [-0.1, -0.05) is 11.3 Å². The maximum Gasteiger partial charge on any atom is 0.338 e. The van der Waals surface area contributed by atoms with E-state index in [-0.39, 0.29) is 5.03 Å². The first-order valence-corrected chi connectivity index (χ1v) is 6.07. The highest BCUT2D eigenvalue weighted by atomic mass is 32.2. The Bertz CT molecular complexity index is 573. The van der Waals surface area contributed by atoms with E-state index in [2.05, 4.69) is 15.2 Å². The number of carboxylic acid groups (broad SMARTS) is 1. The number of hydrogen-bond donors (Lipinski definition) is 1. The number of aryl methyl sites for hydroxylation is 1. The SMILES string of the molecule is Cc1nnc(Sc2nccc(C(=O)O)c2F)s1. The van der Waals surface area contributed by atoms with Crippen LogP contribution >= 0.6 is 23.1 Å². The Hall–Kier alpha value is -1.54. The molecule has 0 aliphatic heterocycles. The van der Waals surface area contributed by atoms with E-state index < -0.39 is 17.3 Å². The zero-order chi connectivity index (χ0) is 12.4. The topological polar surface area (TPSA) is 76.0 Å². The van der Waals surface area contributed by atoms with E-state index in [1.54, 1.807) is 6.92 Å². The van der Waals surface area contributed by atoms with Crippen LogP contribution in [0.15, 0.2) is 21.6 Å². The number of aromatic nitrogens is 3. The van der Waals surface area contributed by atoms with Gasteiger partial charge < -0.3 is 5.11 Å². The average molecular weight is 271 g/mol. The zero-order valence-electron chi connectivity index (χ0n) is 8.55. The van der Waals surface area contributed by atoms with Gasteiger partial charge in [-0.15, -0.1) is 10.2 Å². The number of nitrogens with zero attached hydrogens (tertiary/aromatic N) is 3. The number of halogens is 1. The second-order valence-electron chi connectivity index (χ2n) is 2.97. The van der Waals surface area contributed by atoms with Crippen molar-refractivity contribution in [3.05, 3.63) is 28.7 Å². The van der Waals surface area contributed by atoms with Crippen molar-refractivity contribution in [3.63, 3.8) is 0 Å². The third-order valence-corrected chi connectivity index (χ3v) is 3.65. The Morgan fingerprint density at radius 3 is 2.88 bits per heavy atom. The van der Waals surface area contributed by atoms with Gasteiger partial charge in [-0.05, 0) is 24.8 Å². The van der Waals surface area contributed by atoms with Crippen molar-refractivity contribution in [1.29, 1.82) is 0 Å². The predicted molar refractivity (Wildman–Crippen MR) is 59.9 cm³/mol. The monoisotopic (exact) mass is 271 g/mol. The summed E-state index contributed by atoms with van der Waals surface area (Å²) in [7, 11) is 0. The van der Waals surface area contributed by atoms with Crippen LogP contribution in [0.25, 0.3) is 0 Å². The lowest BCUT2D eigenvalue weighted by molar-refractivity contribution is 0.0691. The van der Waals surface area contributed by atoms with E-state index in [4.69, 9.17) is 5.11 Å². The standard InChI is InChI=1S/C9H6FN3O2S2/c1-4-12-13-9(16-4)17-7-6(10)5(8(14)15)2-3-11-7/h2-3H,1H3,(H,14,15). The third-order valence-electron chi connectivity index (χ3n) is 1.78. The largest absolute Gasteiger partial charge is 0.478 e. The Kier molecular flexibility index (Phi) is 3.34. The van der Waals surface area contributed by atoms with Crippen LogP contribution in [-0.4, -0.2) is 26.3 Å². The lowest BCUT2D eigenvalue weighted by Crippen LogP contribution is -2.02. The highest BCUT2D eigenvalue weighted by Crippen LogP contribution is 2.31. The molecule has 0 saturated carbocycles. The summed E-state index contributed by atoms with van der Waals surface area (Å²) in [5, 5.41) is 17.1. The normalized spacial score (nSPS) is 10.5. The first-order valence-electron chi connectivity index (χ1n) is 4.43. The van der Waals surface area contributed by atoms with Gasteiger partial charge in [0.2, 0.25) is 0 Å². The molecule has 2 aromatic heterocycles. The molecule has 0 aliphatic rings. The molecule has 0 spiro atoms. The Labute approximate surface area is 104 Å². The lowest BCUT2D eigenvalue weighted by atomic mass is 10.3. The number of aromatic carboxylic acids is 1. The lowest BCUT2D eigenvalue weighted by Gasteiger charge is -2.01. The minimum Gasteiger partial charge on any atom is -0.478 e. The van der Waals surface area contributed by atoms with E-state index >= 15 is 0 Å². The molecule has 0 aromatic carbocycles. The molecule has 5 nitrogen and oxygen atoms in total. The van der Waals surface area contributed by atoms with Crippen LogP contribution < -0.4 is 0 Å². The first kappa shape index (κ1) is 11.9. The molecule has 1 N–H and O–H groups in total. The van der Waals surface area contributed by atoms with Crippen LogP contribution in [0.3, 0.4) is 0 Å². The van der Waals surface area contributed by atoms with Gasteiger partial charge in [0.05, 0.1) is 5.56 Å². The van der Waals surface area contributed by atoms with Crippen molar-refractivity contribution >= 4 is 29.1 Å². The van der Waals surface area contributed by atoms with Gasteiger partial charge in [-0.25, -0.2) is 14.2 Å². The molecule has 0 radical (unpaired) electrons. The molecular weight excluding hydrogens is 265 g/mol. The van der Waals surface area contributed by atoms with Crippen LogP contribution in [0, 0.1) is 12.7 Å². The average Bonchev–Trinajstić information content (AvgIpc) is 2.67. The fourth-order valence-corrected chi connectivity index (χ4v) is 2.80. The van der Waals surface area contributed by atoms with E-state index in [1.165, 1.54) is 17.5 Å². The molecule has 0 atom stereocenters. The van der Waals surface area contributed by atoms with Crippen molar-refractivity contribution in [1.82, 2.24) is 15.2 Å². The van der Waals surface area contributed by atoms with Gasteiger partial charge in [-0.3, -0.25) is 0 Å². The molecule has 0 unspecified atom stereocenters. The molecule has 0 amide bonds.